The fourth-order valence-corrected chi connectivity index (χ4v) is 3.07. The smallest absolute Gasteiger partial charge is 0.119 e. The van der Waals surface area contributed by atoms with Gasteiger partial charge in [-0.1, -0.05) is 61.9 Å². The van der Waals surface area contributed by atoms with Crippen molar-refractivity contribution in [3.05, 3.63) is 28.2 Å². The van der Waals surface area contributed by atoms with Crippen LogP contribution < -0.4 is 10.1 Å². The zero-order valence-corrected chi connectivity index (χ0v) is 15.3. The first-order valence-electron chi connectivity index (χ1n) is 8.27. The van der Waals surface area contributed by atoms with Crippen molar-refractivity contribution in [2.75, 3.05) is 13.7 Å². The Balaban J connectivity index is 2.52. The summed E-state index contributed by atoms with van der Waals surface area (Å²) in [6.45, 7) is 5.48. The summed E-state index contributed by atoms with van der Waals surface area (Å²) in [4.78, 5) is 0. The zero-order chi connectivity index (χ0) is 15.5. The van der Waals surface area contributed by atoms with E-state index in [2.05, 4.69) is 47.2 Å². The van der Waals surface area contributed by atoms with Gasteiger partial charge >= 0.3 is 0 Å². The van der Waals surface area contributed by atoms with Crippen molar-refractivity contribution in [1.82, 2.24) is 5.32 Å². The molecule has 0 heterocycles. The summed E-state index contributed by atoms with van der Waals surface area (Å²) in [5, 5.41) is 3.63. The maximum absolute atomic E-state index is 5.34. The Morgan fingerprint density at radius 3 is 2.57 bits per heavy atom. The van der Waals surface area contributed by atoms with Gasteiger partial charge < -0.3 is 10.1 Å². The summed E-state index contributed by atoms with van der Waals surface area (Å²) in [7, 11) is 1.72. The van der Waals surface area contributed by atoms with Crippen LogP contribution in [0.1, 0.15) is 57.9 Å². The number of unbranched alkanes of at least 4 members (excludes halogenated alkanes) is 4. The standard InChI is InChI=1S/C18H30BrNO/c1-4-6-7-8-9-10-16(20-5-2)13-15-14-17(21-3)11-12-18(15)19/h11-12,14,16,20H,4-10,13H2,1-3H3. The van der Waals surface area contributed by atoms with E-state index in [-0.39, 0.29) is 0 Å². The Morgan fingerprint density at radius 1 is 1.14 bits per heavy atom. The predicted molar refractivity (Wildman–Crippen MR) is 95.2 cm³/mol. The lowest BCUT2D eigenvalue weighted by molar-refractivity contribution is 0.413. The van der Waals surface area contributed by atoms with Crippen LogP contribution in [0.25, 0.3) is 0 Å². The van der Waals surface area contributed by atoms with Gasteiger partial charge in [0.2, 0.25) is 0 Å². The molecule has 1 aromatic carbocycles. The van der Waals surface area contributed by atoms with Gasteiger partial charge in [0.05, 0.1) is 7.11 Å². The molecule has 3 heteroatoms. The van der Waals surface area contributed by atoms with E-state index in [4.69, 9.17) is 4.74 Å². The number of benzene rings is 1. The molecule has 0 aliphatic rings. The van der Waals surface area contributed by atoms with Gasteiger partial charge in [0.25, 0.3) is 0 Å². The van der Waals surface area contributed by atoms with Crippen molar-refractivity contribution in [2.45, 2.75) is 64.8 Å². The van der Waals surface area contributed by atoms with E-state index in [9.17, 15) is 0 Å². The molecule has 2 nitrogen and oxygen atoms in total. The third-order valence-electron chi connectivity index (χ3n) is 3.87. The highest BCUT2D eigenvalue weighted by atomic mass is 79.9. The quantitative estimate of drug-likeness (QED) is 0.541. The minimum Gasteiger partial charge on any atom is -0.497 e. The minimum absolute atomic E-state index is 0.556. The normalized spacial score (nSPS) is 12.4. The third kappa shape index (κ3) is 7.32. The molecule has 1 rings (SSSR count). The van der Waals surface area contributed by atoms with Crippen molar-refractivity contribution < 1.29 is 4.74 Å². The van der Waals surface area contributed by atoms with Crippen LogP contribution in [0, 0.1) is 0 Å². The Kier molecular flexibility index (Phi) is 9.77. The number of ether oxygens (including phenoxy) is 1. The molecular weight excluding hydrogens is 326 g/mol. The molecule has 0 fully saturated rings. The Bertz CT molecular complexity index is 395. The van der Waals surface area contributed by atoms with Crippen molar-refractivity contribution >= 4 is 15.9 Å². The van der Waals surface area contributed by atoms with Crippen LogP contribution in [-0.2, 0) is 6.42 Å². The molecule has 1 unspecified atom stereocenters. The molecule has 21 heavy (non-hydrogen) atoms. The van der Waals surface area contributed by atoms with Gasteiger partial charge in [-0.25, -0.2) is 0 Å². The molecule has 0 aromatic heterocycles. The number of halogens is 1. The van der Waals surface area contributed by atoms with Gasteiger partial charge in [-0.15, -0.1) is 0 Å². The maximum atomic E-state index is 5.34. The van der Waals surface area contributed by atoms with E-state index in [1.165, 1.54) is 48.6 Å². The first kappa shape index (κ1) is 18.5. The van der Waals surface area contributed by atoms with Gasteiger partial charge in [0, 0.05) is 10.5 Å². The first-order chi connectivity index (χ1) is 10.2. The largest absolute Gasteiger partial charge is 0.497 e. The molecule has 0 bridgehead atoms. The van der Waals surface area contributed by atoms with Crippen LogP contribution >= 0.6 is 15.9 Å². The fraction of sp³-hybridized carbons (Fsp3) is 0.667. The molecule has 0 radical (unpaired) electrons. The lowest BCUT2D eigenvalue weighted by atomic mass is 9.99. The number of nitrogens with one attached hydrogen (secondary N) is 1. The van der Waals surface area contributed by atoms with Crippen molar-refractivity contribution in [2.24, 2.45) is 0 Å². The first-order valence-corrected chi connectivity index (χ1v) is 9.06. The summed E-state index contributed by atoms with van der Waals surface area (Å²) < 4.78 is 6.51. The van der Waals surface area contributed by atoms with E-state index in [1.54, 1.807) is 7.11 Å². The van der Waals surface area contributed by atoms with E-state index in [1.807, 2.05) is 6.07 Å². The van der Waals surface area contributed by atoms with E-state index in [0.717, 1.165) is 18.7 Å². The highest BCUT2D eigenvalue weighted by molar-refractivity contribution is 9.10. The van der Waals surface area contributed by atoms with Crippen LogP contribution in [0.15, 0.2) is 22.7 Å². The monoisotopic (exact) mass is 355 g/mol. The summed E-state index contributed by atoms with van der Waals surface area (Å²) in [6.07, 6.45) is 9.04. The maximum Gasteiger partial charge on any atom is 0.119 e. The molecule has 1 atom stereocenters. The SMILES string of the molecule is CCCCCCCC(Cc1cc(OC)ccc1Br)NCC. The second-order valence-electron chi connectivity index (χ2n) is 5.62. The van der Waals surface area contributed by atoms with Crippen LogP contribution in [-0.4, -0.2) is 19.7 Å². The number of likely N-dealkylation sites (N-methyl/N-ethyl adjacent to an activating group) is 1. The van der Waals surface area contributed by atoms with E-state index < -0.39 is 0 Å². The predicted octanol–water partition coefficient (Wildman–Crippen LogP) is 5.34. The zero-order valence-electron chi connectivity index (χ0n) is 13.8. The highest BCUT2D eigenvalue weighted by Crippen LogP contribution is 2.24. The second kappa shape index (κ2) is 11.1. The lowest BCUT2D eigenvalue weighted by Gasteiger charge is -2.19. The summed E-state index contributed by atoms with van der Waals surface area (Å²) >= 11 is 3.66. The molecule has 1 aromatic rings. The van der Waals surface area contributed by atoms with Gasteiger partial charge in [0.1, 0.15) is 5.75 Å². The number of rotatable bonds is 11. The van der Waals surface area contributed by atoms with Gasteiger partial charge in [-0.05, 0) is 43.1 Å². The minimum atomic E-state index is 0.556. The average molecular weight is 356 g/mol. The number of methoxy groups -OCH3 is 1. The highest BCUT2D eigenvalue weighted by Gasteiger charge is 2.11. The molecule has 0 saturated carbocycles. The summed E-state index contributed by atoms with van der Waals surface area (Å²) in [5.74, 6) is 0.936. The number of hydrogen-bond donors (Lipinski definition) is 1. The van der Waals surface area contributed by atoms with Gasteiger partial charge in [0.15, 0.2) is 0 Å². The van der Waals surface area contributed by atoms with Crippen LogP contribution in [0.5, 0.6) is 5.75 Å². The number of hydrogen-bond acceptors (Lipinski definition) is 2. The second-order valence-corrected chi connectivity index (χ2v) is 6.47. The van der Waals surface area contributed by atoms with Gasteiger partial charge in [-0.2, -0.15) is 0 Å². The summed E-state index contributed by atoms with van der Waals surface area (Å²) in [6, 6.07) is 6.78. The molecule has 0 aliphatic heterocycles. The molecule has 0 amide bonds. The Hall–Kier alpha value is -0.540. The van der Waals surface area contributed by atoms with Gasteiger partial charge in [-0.3, -0.25) is 0 Å². The van der Waals surface area contributed by atoms with E-state index in [0.29, 0.717) is 6.04 Å². The van der Waals surface area contributed by atoms with Crippen LogP contribution in [0.4, 0.5) is 0 Å². The molecule has 1 N–H and O–H groups in total. The average Bonchev–Trinajstić information content (AvgIpc) is 2.49. The van der Waals surface area contributed by atoms with Crippen molar-refractivity contribution in [3.63, 3.8) is 0 Å². The van der Waals surface area contributed by atoms with Crippen molar-refractivity contribution in [3.8, 4) is 5.75 Å². The fourth-order valence-electron chi connectivity index (χ4n) is 2.66. The molecule has 0 saturated heterocycles. The molecule has 0 aliphatic carbocycles. The topological polar surface area (TPSA) is 21.3 Å². The van der Waals surface area contributed by atoms with E-state index >= 15 is 0 Å². The molecule has 0 spiro atoms. The Labute approximate surface area is 138 Å². The third-order valence-corrected chi connectivity index (χ3v) is 4.64. The Morgan fingerprint density at radius 2 is 1.90 bits per heavy atom. The summed E-state index contributed by atoms with van der Waals surface area (Å²) in [5.41, 5.74) is 1.33. The van der Waals surface area contributed by atoms with Crippen molar-refractivity contribution in [1.29, 1.82) is 0 Å². The lowest BCUT2D eigenvalue weighted by Crippen LogP contribution is -2.31. The molecular formula is C18H30BrNO. The van der Waals surface area contributed by atoms with Crippen LogP contribution in [0.2, 0.25) is 0 Å². The molecule has 120 valence electrons. The van der Waals surface area contributed by atoms with Crippen LogP contribution in [0.3, 0.4) is 0 Å².